The molecule has 4 rings (SSSR count). The quantitative estimate of drug-likeness (QED) is 0.732. The Balaban J connectivity index is 1.65. The Bertz CT molecular complexity index is 933. The molecule has 2 atom stereocenters. The van der Waals surface area contributed by atoms with Gasteiger partial charge in [-0.05, 0) is 64.7 Å². The Morgan fingerprint density at radius 1 is 1.31 bits per heavy atom. The molecule has 7 heteroatoms. The molecule has 0 spiro atoms. The summed E-state index contributed by atoms with van der Waals surface area (Å²) in [6.45, 7) is 8.70. The average molecular weight is 417 g/mol. The van der Waals surface area contributed by atoms with E-state index in [1.165, 1.54) is 5.56 Å². The zero-order chi connectivity index (χ0) is 20.9. The molecular weight excluding hydrogens is 388 g/mol. The van der Waals surface area contributed by atoms with E-state index in [1.807, 2.05) is 44.0 Å². The maximum absolute atomic E-state index is 12.8. The van der Waals surface area contributed by atoms with Gasteiger partial charge < -0.3 is 14.6 Å². The van der Waals surface area contributed by atoms with Crippen molar-refractivity contribution in [1.82, 2.24) is 14.9 Å². The summed E-state index contributed by atoms with van der Waals surface area (Å²) in [5, 5.41) is 0.813. The maximum Gasteiger partial charge on any atom is 0.411 e. The highest BCUT2D eigenvalue weighted by molar-refractivity contribution is 6.32. The summed E-state index contributed by atoms with van der Waals surface area (Å²) < 4.78 is 5.65. The van der Waals surface area contributed by atoms with E-state index in [9.17, 15) is 4.79 Å². The summed E-state index contributed by atoms with van der Waals surface area (Å²) in [4.78, 5) is 25.0. The summed E-state index contributed by atoms with van der Waals surface area (Å²) >= 11 is 6.42. The van der Waals surface area contributed by atoms with E-state index in [4.69, 9.17) is 16.3 Å². The van der Waals surface area contributed by atoms with E-state index in [0.29, 0.717) is 0 Å². The van der Waals surface area contributed by atoms with Gasteiger partial charge in [0.25, 0.3) is 0 Å². The van der Waals surface area contributed by atoms with Crippen molar-refractivity contribution in [1.29, 1.82) is 0 Å². The molecule has 29 heavy (non-hydrogen) atoms. The molecule has 2 aliphatic heterocycles. The Hall–Kier alpha value is -2.21. The fourth-order valence-corrected chi connectivity index (χ4v) is 4.66. The number of amides is 1. The Morgan fingerprint density at radius 3 is 2.79 bits per heavy atom. The third kappa shape index (κ3) is 3.70. The monoisotopic (exact) mass is 416 g/mol. The molecule has 1 fully saturated rings. The van der Waals surface area contributed by atoms with Gasteiger partial charge in [0.2, 0.25) is 0 Å². The Kier molecular flexibility index (Phi) is 5.01. The Morgan fingerprint density at radius 2 is 2.07 bits per heavy atom. The van der Waals surface area contributed by atoms with Crippen molar-refractivity contribution in [2.24, 2.45) is 0 Å². The van der Waals surface area contributed by atoms with Crippen molar-refractivity contribution in [3.8, 4) is 11.3 Å². The van der Waals surface area contributed by atoms with Gasteiger partial charge in [-0.1, -0.05) is 11.6 Å². The zero-order valence-corrected chi connectivity index (χ0v) is 18.5. The summed E-state index contributed by atoms with van der Waals surface area (Å²) in [6, 6.07) is 4.02. The normalized spacial score (nSPS) is 21.6. The van der Waals surface area contributed by atoms with E-state index in [0.717, 1.165) is 53.6 Å². The molecule has 1 aromatic heterocycles. The second kappa shape index (κ2) is 7.24. The van der Waals surface area contributed by atoms with E-state index >= 15 is 0 Å². The van der Waals surface area contributed by atoms with Crippen molar-refractivity contribution in [2.45, 2.75) is 64.6 Å². The van der Waals surface area contributed by atoms with Crippen LogP contribution >= 0.6 is 11.6 Å². The predicted octanol–water partition coefficient (Wildman–Crippen LogP) is 5.18. The highest BCUT2D eigenvalue weighted by Crippen LogP contribution is 2.42. The van der Waals surface area contributed by atoms with Crippen LogP contribution < -0.4 is 4.90 Å². The third-order valence-electron chi connectivity index (χ3n) is 5.78. The van der Waals surface area contributed by atoms with Crippen LogP contribution in [0.2, 0.25) is 5.02 Å². The third-order valence-corrected chi connectivity index (χ3v) is 6.13. The molecule has 1 amide bonds. The van der Waals surface area contributed by atoms with Crippen molar-refractivity contribution < 1.29 is 9.53 Å². The van der Waals surface area contributed by atoms with Gasteiger partial charge in [0.1, 0.15) is 11.4 Å². The maximum atomic E-state index is 12.8. The van der Waals surface area contributed by atoms with Crippen LogP contribution in [0.4, 0.5) is 10.5 Å². The summed E-state index contributed by atoms with van der Waals surface area (Å²) in [5.41, 5.74) is 3.87. The lowest BCUT2D eigenvalue weighted by molar-refractivity contribution is 0.0152. The molecule has 2 aromatic rings. The minimum atomic E-state index is -0.521. The van der Waals surface area contributed by atoms with E-state index in [1.54, 1.807) is 0 Å². The molecule has 1 N–H and O–H groups in total. The fraction of sp³-hybridized carbons (Fsp3) is 0.545. The van der Waals surface area contributed by atoms with Gasteiger partial charge in [-0.3, -0.25) is 4.90 Å². The standard InChI is InChI=1S/C22H29ClN4O2/c1-13-6-9-18(27(13)21(28)29-22(2,3)4)20-24-12-17(25-20)15-7-8-16(23)14-10-11-26(5)19(14)15/h7-8,12-13,18H,6,9-11H2,1-5H3,(H,24,25)/t13-,18-/m0/s1. The lowest BCUT2D eigenvalue weighted by atomic mass is 10.1. The average Bonchev–Trinajstić information content (AvgIpc) is 3.33. The number of aromatic amines is 1. The Labute approximate surface area is 177 Å². The van der Waals surface area contributed by atoms with Crippen LogP contribution in [-0.4, -0.2) is 46.2 Å². The number of likely N-dealkylation sites (N-methyl/N-ethyl adjacent to an activating group) is 1. The first-order chi connectivity index (χ1) is 13.7. The lowest BCUT2D eigenvalue weighted by Crippen LogP contribution is -2.40. The largest absolute Gasteiger partial charge is 0.444 e. The molecule has 0 aliphatic carbocycles. The van der Waals surface area contributed by atoms with E-state index in [2.05, 4.69) is 28.8 Å². The summed E-state index contributed by atoms with van der Waals surface area (Å²) in [7, 11) is 2.09. The molecule has 3 heterocycles. The van der Waals surface area contributed by atoms with Crippen molar-refractivity contribution in [2.75, 3.05) is 18.5 Å². The van der Waals surface area contributed by atoms with Gasteiger partial charge in [0.15, 0.2) is 0 Å². The first kappa shape index (κ1) is 20.1. The van der Waals surface area contributed by atoms with Gasteiger partial charge in [-0.2, -0.15) is 0 Å². The summed E-state index contributed by atoms with van der Waals surface area (Å²) in [6.07, 6.45) is 4.33. The lowest BCUT2D eigenvalue weighted by Gasteiger charge is -2.30. The molecule has 0 radical (unpaired) electrons. The second-order valence-corrected chi connectivity index (χ2v) is 9.51. The van der Waals surface area contributed by atoms with Gasteiger partial charge >= 0.3 is 6.09 Å². The van der Waals surface area contributed by atoms with Crippen LogP contribution in [0.3, 0.4) is 0 Å². The first-order valence-corrected chi connectivity index (χ1v) is 10.6. The van der Waals surface area contributed by atoms with Crippen LogP contribution in [0.15, 0.2) is 18.3 Å². The highest BCUT2D eigenvalue weighted by atomic mass is 35.5. The molecule has 156 valence electrons. The number of carbonyl (C=O) groups is 1. The van der Waals surface area contributed by atoms with Crippen molar-refractivity contribution in [3.63, 3.8) is 0 Å². The molecule has 0 unspecified atom stereocenters. The molecule has 6 nitrogen and oxygen atoms in total. The predicted molar refractivity (Wildman–Crippen MR) is 116 cm³/mol. The number of ether oxygens (including phenoxy) is 1. The first-order valence-electron chi connectivity index (χ1n) is 10.2. The number of likely N-dealkylation sites (tertiary alicyclic amines) is 1. The number of halogens is 1. The molecular formula is C22H29ClN4O2. The number of nitrogens with one attached hydrogen (secondary N) is 1. The van der Waals surface area contributed by atoms with E-state index < -0.39 is 5.60 Å². The number of hydrogen-bond acceptors (Lipinski definition) is 4. The SMILES string of the molecule is C[C@H]1CC[C@@H](c2ncc(-c3ccc(Cl)c4c3N(C)CC4)[nH]2)N1C(=O)OC(C)(C)C. The van der Waals surface area contributed by atoms with Crippen LogP contribution in [0.5, 0.6) is 0 Å². The topological polar surface area (TPSA) is 61.5 Å². The number of nitrogens with zero attached hydrogens (tertiary/aromatic N) is 3. The number of imidazole rings is 1. The zero-order valence-electron chi connectivity index (χ0n) is 17.8. The van der Waals surface area contributed by atoms with Crippen LogP contribution in [0, 0.1) is 0 Å². The smallest absolute Gasteiger partial charge is 0.411 e. The van der Waals surface area contributed by atoms with Crippen LogP contribution in [0.1, 0.15) is 58.0 Å². The molecule has 1 saturated heterocycles. The van der Waals surface area contributed by atoms with Gasteiger partial charge in [0, 0.05) is 30.2 Å². The fourth-order valence-electron chi connectivity index (χ4n) is 4.41. The molecule has 0 saturated carbocycles. The number of anilines is 1. The number of aromatic nitrogens is 2. The van der Waals surface area contributed by atoms with Gasteiger partial charge in [-0.15, -0.1) is 0 Å². The number of hydrogen-bond donors (Lipinski definition) is 1. The number of rotatable bonds is 2. The molecule has 1 aromatic carbocycles. The van der Waals surface area contributed by atoms with Crippen LogP contribution in [-0.2, 0) is 11.2 Å². The number of carbonyl (C=O) groups excluding carboxylic acids is 1. The second-order valence-electron chi connectivity index (χ2n) is 9.11. The van der Waals surface area contributed by atoms with Crippen molar-refractivity contribution >= 4 is 23.4 Å². The highest BCUT2D eigenvalue weighted by Gasteiger charge is 2.39. The number of fused-ring (bicyclic) bond motifs is 1. The minimum Gasteiger partial charge on any atom is -0.444 e. The van der Waals surface area contributed by atoms with Gasteiger partial charge in [0.05, 0.1) is 23.6 Å². The number of benzene rings is 1. The van der Waals surface area contributed by atoms with E-state index in [-0.39, 0.29) is 18.2 Å². The number of H-pyrrole nitrogens is 1. The molecule has 2 aliphatic rings. The van der Waals surface area contributed by atoms with Crippen LogP contribution in [0.25, 0.3) is 11.3 Å². The van der Waals surface area contributed by atoms with Crippen molar-refractivity contribution in [3.05, 3.63) is 34.7 Å². The van der Waals surface area contributed by atoms with Gasteiger partial charge in [-0.25, -0.2) is 9.78 Å². The summed E-state index contributed by atoms with van der Waals surface area (Å²) in [5.74, 6) is 0.805. The minimum absolute atomic E-state index is 0.105. The molecule has 0 bridgehead atoms.